The number of aliphatic hydroxyl groups is 1. The summed E-state index contributed by atoms with van der Waals surface area (Å²) in [5.41, 5.74) is 7.68. The van der Waals surface area contributed by atoms with Crippen LogP contribution in [0.1, 0.15) is 203 Å². The van der Waals surface area contributed by atoms with Gasteiger partial charge >= 0.3 is 0 Å². The molecule has 0 heterocycles. The van der Waals surface area contributed by atoms with Gasteiger partial charge in [0.25, 0.3) is 5.97 Å². The highest BCUT2D eigenvalue weighted by Gasteiger charge is 2.22. The molecule has 3 rings (SSSR count). The van der Waals surface area contributed by atoms with Crippen molar-refractivity contribution < 1.29 is 15.0 Å². The molecule has 3 nitrogen and oxygen atoms in total. The first-order valence-corrected chi connectivity index (χ1v) is 20.6. The van der Waals surface area contributed by atoms with Gasteiger partial charge in [-0.1, -0.05) is 197 Å². The number of benzene rings is 2. The normalized spacial score (nSPS) is 11.7. The molecule has 0 bridgehead atoms. The van der Waals surface area contributed by atoms with Gasteiger partial charge in [0.1, 0.15) is 0 Å². The monoisotopic (exact) mass is 683 g/mol. The molecule has 0 spiro atoms. The Hall–Kier alpha value is -1.84. The Kier molecular flexibility index (Phi) is 24.6. The van der Waals surface area contributed by atoms with E-state index in [1.165, 1.54) is 195 Å². The molecular weight excluding hydrogens is 612 g/mol. The fourth-order valence-corrected chi connectivity index (χ4v) is 7.61. The van der Waals surface area contributed by atoms with Crippen molar-refractivity contribution in [2.75, 3.05) is 0 Å². The summed E-state index contributed by atoms with van der Waals surface area (Å²) in [4.78, 5) is 9.00. The lowest BCUT2D eigenvalue weighted by Gasteiger charge is -2.13. The van der Waals surface area contributed by atoms with Gasteiger partial charge in [-0.15, -0.1) is 0 Å². The average molecular weight is 684 g/mol. The molecule has 48 heavy (non-hydrogen) atoms. The zero-order valence-corrected chi connectivity index (χ0v) is 31.8. The summed E-state index contributed by atoms with van der Waals surface area (Å²) in [6.45, 7) is 3.52. The molecule has 0 atom stereocenters. The van der Waals surface area contributed by atoms with Crippen LogP contribution in [0.15, 0.2) is 30.3 Å². The highest BCUT2D eigenvalue weighted by Crippen LogP contribution is 2.40. The number of aliphatic carboxylic acids is 1. The molecule has 0 fully saturated rings. The van der Waals surface area contributed by atoms with Gasteiger partial charge in [0.15, 0.2) is 0 Å². The number of carbonyl (C=O) groups is 1. The van der Waals surface area contributed by atoms with E-state index in [2.05, 4.69) is 31.2 Å². The van der Waals surface area contributed by atoms with Gasteiger partial charge in [0.2, 0.25) is 0 Å². The number of hydrogen-bond acceptors (Lipinski definition) is 2. The number of hydrogen-bond donors (Lipinski definition) is 2. The second kappa shape index (κ2) is 27.9. The fraction of sp³-hybridized carbons (Fsp3) is 0.705. The minimum Gasteiger partial charge on any atom is -0.481 e. The highest BCUT2D eigenvalue weighted by molar-refractivity contribution is 6.30. The molecule has 272 valence electrons. The van der Waals surface area contributed by atoms with Gasteiger partial charge < -0.3 is 10.2 Å². The Balaban J connectivity index is 0.00000189. The van der Waals surface area contributed by atoms with Crippen LogP contribution < -0.4 is 0 Å². The zero-order chi connectivity index (χ0) is 34.7. The topological polar surface area (TPSA) is 57.5 Å². The van der Waals surface area contributed by atoms with Crippen LogP contribution in [0.2, 0.25) is 5.02 Å². The number of unbranched alkanes of at least 4 members (excludes halogenated alkanes) is 25. The standard InChI is InChI=1S/C42H67ClO.C2H4O2/c1-2-3-4-5-6-7-8-9-10-11-12-13-14-15-16-17-18-19-20-21-22-23-24-25-26-27-28-36-29-31-40-39-32-30-38(43)33-37(39)34-41(40)42(36)35-44;1-2(3)4/h29-33,44H,2-28,34-35H2,1H3;1H3,(H,3,4). The first-order chi connectivity index (χ1) is 23.5. The van der Waals surface area contributed by atoms with Crippen LogP contribution in [-0.2, 0) is 24.2 Å². The third-order valence-corrected chi connectivity index (χ3v) is 10.4. The van der Waals surface area contributed by atoms with Gasteiger partial charge in [-0.05, 0) is 64.8 Å². The van der Waals surface area contributed by atoms with Gasteiger partial charge in [-0.3, -0.25) is 4.79 Å². The van der Waals surface area contributed by atoms with Crippen molar-refractivity contribution in [3.63, 3.8) is 0 Å². The second-order valence-corrected chi connectivity index (χ2v) is 14.9. The quantitative estimate of drug-likeness (QED) is 0.0749. The number of rotatable bonds is 28. The fourth-order valence-electron chi connectivity index (χ4n) is 7.42. The Labute approximate surface area is 300 Å². The number of carboxylic acid groups (broad SMARTS) is 1. The summed E-state index contributed by atoms with van der Waals surface area (Å²) in [5, 5.41) is 18.4. The van der Waals surface area contributed by atoms with E-state index >= 15 is 0 Å². The van der Waals surface area contributed by atoms with E-state index in [0.29, 0.717) is 0 Å². The Bertz CT molecular complexity index is 1110. The molecule has 0 saturated heterocycles. The van der Waals surface area contributed by atoms with E-state index in [1.54, 1.807) is 0 Å². The molecule has 0 unspecified atom stereocenters. The van der Waals surface area contributed by atoms with Gasteiger partial charge in [-0.2, -0.15) is 0 Å². The summed E-state index contributed by atoms with van der Waals surface area (Å²) in [5.74, 6) is -0.833. The molecule has 0 amide bonds. The van der Waals surface area contributed by atoms with Gasteiger partial charge in [-0.25, -0.2) is 0 Å². The van der Waals surface area contributed by atoms with Crippen molar-refractivity contribution in [3.8, 4) is 11.1 Å². The van der Waals surface area contributed by atoms with E-state index in [-0.39, 0.29) is 6.61 Å². The lowest BCUT2D eigenvalue weighted by Crippen LogP contribution is -2.00. The molecule has 1 aliphatic carbocycles. The maximum absolute atomic E-state index is 10.2. The van der Waals surface area contributed by atoms with Crippen LogP contribution in [0.4, 0.5) is 0 Å². The second-order valence-electron chi connectivity index (χ2n) is 14.5. The van der Waals surface area contributed by atoms with Crippen molar-refractivity contribution in [1.82, 2.24) is 0 Å². The Morgan fingerprint density at radius 3 is 1.38 bits per heavy atom. The molecule has 2 aromatic carbocycles. The summed E-state index contributed by atoms with van der Waals surface area (Å²) >= 11 is 6.23. The first-order valence-electron chi connectivity index (χ1n) is 20.2. The third kappa shape index (κ3) is 18.8. The van der Waals surface area contributed by atoms with Crippen molar-refractivity contribution >= 4 is 17.6 Å². The van der Waals surface area contributed by atoms with Crippen molar-refractivity contribution in [2.45, 2.75) is 200 Å². The van der Waals surface area contributed by atoms with Gasteiger partial charge in [0, 0.05) is 11.9 Å². The molecule has 0 aromatic heterocycles. The van der Waals surface area contributed by atoms with Gasteiger partial charge in [0.05, 0.1) is 6.61 Å². The van der Waals surface area contributed by atoms with Crippen LogP contribution in [0, 0.1) is 0 Å². The van der Waals surface area contributed by atoms with Crippen molar-refractivity contribution in [3.05, 3.63) is 57.6 Å². The van der Waals surface area contributed by atoms with E-state index in [4.69, 9.17) is 21.5 Å². The molecule has 0 aliphatic heterocycles. The van der Waals surface area contributed by atoms with E-state index < -0.39 is 5.97 Å². The molecule has 2 N–H and O–H groups in total. The third-order valence-electron chi connectivity index (χ3n) is 10.2. The average Bonchev–Trinajstić information content (AvgIpc) is 3.43. The number of fused-ring (bicyclic) bond motifs is 3. The van der Waals surface area contributed by atoms with E-state index in [9.17, 15) is 5.11 Å². The summed E-state index contributed by atoms with van der Waals surface area (Å²) < 4.78 is 0. The molecule has 1 aliphatic rings. The minimum atomic E-state index is -0.833. The lowest BCUT2D eigenvalue weighted by atomic mass is 9.93. The molecule has 4 heteroatoms. The number of halogens is 1. The number of aliphatic hydroxyl groups excluding tert-OH is 1. The maximum atomic E-state index is 10.2. The maximum Gasteiger partial charge on any atom is 0.300 e. The predicted octanol–water partition coefficient (Wildman–Crippen LogP) is 14.2. The molecule has 2 aromatic rings. The van der Waals surface area contributed by atoms with E-state index in [0.717, 1.165) is 30.4 Å². The highest BCUT2D eigenvalue weighted by atomic mass is 35.5. The zero-order valence-electron chi connectivity index (χ0n) is 31.1. The van der Waals surface area contributed by atoms with E-state index in [1.807, 2.05) is 6.07 Å². The smallest absolute Gasteiger partial charge is 0.300 e. The van der Waals surface area contributed by atoms with Crippen LogP contribution in [-0.4, -0.2) is 16.2 Å². The molecule has 0 radical (unpaired) electrons. The molecular formula is C44H71ClO3. The van der Waals surface area contributed by atoms with Crippen molar-refractivity contribution in [2.24, 2.45) is 0 Å². The van der Waals surface area contributed by atoms with Crippen LogP contribution >= 0.6 is 11.6 Å². The summed E-state index contributed by atoms with van der Waals surface area (Å²) in [6.07, 6.45) is 39.2. The summed E-state index contributed by atoms with van der Waals surface area (Å²) in [7, 11) is 0. The van der Waals surface area contributed by atoms with Crippen LogP contribution in [0.3, 0.4) is 0 Å². The first kappa shape index (κ1) is 42.3. The summed E-state index contributed by atoms with van der Waals surface area (Å²) in [6, 6.07) is 10.7. The largest absolute Gasteiger partial charge is 0.481 e. The minimum absolute atomic E-state index is 0.139. The lowest BCUT2D eigenvalue weighted by molar-refractivity contribution is -0.134. The van der Waals surface area contributed by atoms with Crippen LogP contribution in [0.5, 0.6) is 0 Å². The van der Waals surface area contributed by atoms with Crippen molar-refractivity contribution in [1.29, 1.82) is 0 Å². The Morgan fingerprint density at radius 2 is 0.979 bits per heavy atom. The SMILES string of the molecule is CC(=O)O.CCCCCCCCCCCCCCCCCCCCCCCCCCCCc1ccc2c(c1CO)Cc1cc(Cl)ccc1-2. The Morgan fingerprint density at radius 1 is 0.604 bits per heavy atom. The number of carboxylic acids is 1. The molecule has 0 saturated carbocycles. The number of aryl methyl sites for hydroxylation is 1. The predicted molar refractivity (Wildman–Crippen MR) is 208 cm³/mol. The van der Waals surface area contributed by atoms with Crippen LogP contribution in [0.25, 0.3) is 11.1 Å².